The molecule has 0 spiro atoms. The van der Waals surface area contributed by atoms with Crippen LogP contribution in [0.1, 0.15) is 21.7 Å². The maximum absolute atomic E-state index is 12.9. The Morgan fingerprint density at radius 2 is 1.73 bits per heavy atom. The van der Waals surface area contributed by atoms with Gasteiger partial charge in [-0.25, -0.2) is 0 Å². The molecule has 0 radical (unpaired) electrons. The van der Waals surface area contributed by atoms with Crippen LogP contribution in [0.25, 0.3) is 17.3 Å². The van der Waals surface area contributed by atoms with E-state index < -0.39 is 23.6 Å². The largest absolute Gasteiger partial charge is 0.422 e. The second-order valence-electron chi connectivity index (χ2n) is 7.40. The molecule has 0 saturated heterocycles. The molecular weight excluding hydrogens is 422 g/mol. The maximum atomic E-state index is 12.9. The van der Waals surface area contributed by atoms with Crippen LogP contribution in [-0.4, -0.2) is 38.4 Å². The predicted octanol–water partition coefficient (Wildman–Crippen LogP) is 2.23. The maximum Gasteiger partial charge on any atom is 0.323 e. The summed E-state index contributed by atoms with van der Waals surface area (Å²) in [7, 11) is 0. The highest BCUT2D eigenvalue weighted by Gasteiger charge is 2.27. The first-order valence-corrected chi connectivity index (χ1v) is 10.2. The number of aromatic nitrogens is 3. The van der Waals surface area contributed by atoms with Gasteiger partial charge in [0.2, 0.25) is 5.78 Å². The number of benzene rings is 2. The first-order chi connectivity index (χ1) is 15.9. The predicted molar refractivity (Wildman–Crippen MR) is 119 cm³/mol. The van der Waals surface area contributed by atoms with Gasteiger partial charge >= 0.3 is 6.01 Å². The minimum Gasteiger partial charge on any atom is -0.422 e. The van der Waals surface area contributed by atoms with Crippen molar-refractivity contribution >= 4 is 17.6 Å². The topological polar surface area (TPSA) is 133 Å². The molecule has 1 atom stereocenters. The van der Waals surface area contributed by atoms with Gasteiger partial charge in [-0.3, -0.25) is 14.4 Å². The molecule has 3 N–H and O–H groups in total. The van der Waals surface area contributed by atoms with Gasteiger partial charge in [-0.2, -0.15) is 14.8 Å². The molecule has 9 heteroatoms. The smallest absolute Gasteiger partial charge is 0.323 e. The molecule has 9 nitrogen and oxygen atoms in total. The fourth-order valence-electron chi connectivity index (χ4n) is 3.34. The molecule has 2 amide bonds. The van der Waals surface area contributed by atoms with E-state index in [4.69, 9.17) is 10.2 Å². The van der Waals surface area contributed by atoms with Crippen molar-refractivity contribution in [2.45, 2.75) is 19.4 Å². The van der Waals surface area contributed by atoms with Gasteiger partial charge in [-0.15, -0.1) is 0 Å². The number of rotatable bonds is 8. The fourth-order valence-corrected chi connectivity index (χ4v) is 3.34. The Bertz CT molecular complexity index is 1290. The number of carbonyl (C=O) groups is 3. The number of hydrogen-bond donors (Lipinski definition) is 2. The van der Waals surface area contributed by atoms with E-state index in [0.29, 0.717) is 11.5 Å². The first-order valence-electron chi connectivity index (χ1n) is 10.2. The van der Waals surface area contributed by atoms with Gasteiger partial charge in [0.1, 0.15) is 6.04 Å². The van der Waals surface area contributed by atoms with E-state index in [1.807, 2.05) is 36.4 Å². The summed E-state index contributed by atoms with van der Waals surface area (Å²) >= 11 is 0. The zero-order valence-corrected chi connectivity index (χ0v) is 17.8. The number of nitrogens with one attached hydrogen (secondary N) is 1. The van der Waals surface area contributed by atoms with Gasteiger partial charge in [0.25, 0.3) is 11.8 Å². The van der Waals surface area contributed by atoms with Crippen LogP contribution in [0, 0.1) is 6.92 Å². The zero-order valence-electron chi connectivity index (χ0n) is 17.8. The van der Waals surface area contributed by atoms with Gasteiger partial charge in [0.15, 0.2) is 11.5 Å². The van der Waals surface area contributed by atoms with E-state index in [0.717, 1.165) is 11.1 Å². The average molecular weight is 443 g/mol. The lowest BCUT2D eigenvalue weighted by Crippen LogP contribution is -2.47. The second kappa shape index (κ2) is 9.31. The van der Waals surface area contributed by atoms with Crippen molar-refractivity contribution in [3.05, 3.63) is 89.9 Å². The SMILES string of the molecule is Cc1cc(C(=O)NC(Cc2ccccc2)C(=O)C(N)=O)nn1-c1ncc(-c2ccccc2)o1. The van der Waals surface area contributed by atoms with Crippen molar-refractivity contribution in [3.8, 4) is 17.3 Å². The number of oxazole rings is 1. The summed E-state index contributed by atoms with van der Waals surface area (Å²) in [5.74, 6) is -2.07. The standard InChI is InChI=1S/C24H21N5O4/c1-15-12-19(28-29(15)24-26-14-20(33-24)17-10-6-3-7-11-17)23(32)27-18(21(30)22(25)31)13-16-8-4-2-5-9-16/h2-12,14,18H,13H2,1H3,(H2,25,31)(H,27,32). The van der Waals surface area contributed by atoms with Crippen LogP contribution in [-0.2, 0) is 16.0 Å². The van der Waals surface area contributed by atoms with Crippen LogP contribution in [0.2, 0.25) is 0 Å². The van der Waals surface area contributed by atoms with Crippen LogP contribution >= 0.6 is 0 Å². The van der Waals surface area contributed by atoms with Crippen molar-refractivity contribution in [1.29, 1.82) is 0 Å². The molecule has 2 heterocycles. The van der Waals surface area contributed by atoms with Crippen LogP contribution in [0.15, 0.2) is 77.3 Å². The molecule has 2 aromatic heterocycles. The Morgan fingerprint density at radius 3 is 2.39 bits per heavy atom. The summed E-state index contributed by atoms with van der Waals surface area (Å²) in [6.07, 6.45) is 1.70. The highest BCUT2D eigenvalue weighted by molar-refractivity contribution is 6.38. The summed E-state index contributed by atoms with van der Waals surface area (Å²) in [4.78, 5) is 40.9. The molecule has 0 fully saturated rings. The van der Waals surface area contributed by atoms with E-state index >= 15 is 0 Å². The quantitative estimate of drug-likeness (QED) is 0.401. The first kappa shape index (κ1) is 21.7. The molecule has 2 aromatic carbocycles. The molecule has 0 aliphatic heterocycles. The Morgan fingerprint density at radius 1 is 1.06 bits per heavy atom. The third-order valence-corrected chi connectivity index (χ3v) is 5.00. The highest BCUT2D eigenvalue weighted by atomic mass is 16.4. The van der Waals surface area contributed by atoms with Gasteiger partial charge in [-0.05, 0) is 18.6 Å². The van der Waals surface area contributed by atoms with Crippen LogP contribution in [0.3, 0.4) is 0 Å². The third-order valence-electron chi connectivity index (χ3n) is 5.00. The number of aryl methyl sites for hydroxylation is 1. The number of carbonyl (C=O) groups excluding carboxylic acids is 3. The third kappa shape index (κ3) is 4.87. The van der Waals surface area contributed by atoms with Crippen LogP contribution < -0.4 is 11.1 Å². The molecule has 1 unspecified atom stereocenters. The van der Waals surface area contributed by atoms with Crippen LogP contribution in [0.5, 0.6) is 0 Å². The van der Waals surface area contributed by atoms with Gasteiger partial charge < -0.3 is 15.5 Å². The fraction of sp³-hybridized carbons (Fsp3) is 0.125. The summed E-state index contributed by atoms with van der Waals surface area (Å²) in [6, 6.07) is 19.1. The molecule has 33 heavy (non-hydrogen) atoms. The van der Waals surface area contributed by atoms with Crippen molar-refractivity contribution in [2.75, 3.05) is 0 Å². The lowest BCUT2D eigenvalue weighted by atomic mass is 10.0. The lowest BCUT2D eigenvalue weighted by molar-refractivity contribution is -0.137. The number of amides is 2. The van der Waals surface area contributed by atoms with Gasteiger partial charge in [0.05, 0.1) is 6.20 Å². The van der Waals surface area contributed by atoms with E-state index in [2.05, 4.69) is 15.4 Å². The number of nitrogens with zero attached hydrogens (tertiary/aromatic N) is 3. The van der Waals surface area contributed by atoms with Crippen molar-refractivity contribution < 1.29 is 18.8 Å². The van der Waals surface area contributed by atoms with Gasteiger partial charge in [-0.1, -0.05) is 60.7 Å². The van der Waals surface area contributed by atoms with E-state index in [9.17, 15) is 14.4 Å². The Hall–Kier alpha value is -4.53. The van der Waals surface area contributed by atoms with Gasteiger partial charge in [0, 0.05) is 17.7 Å². The van der Waals surface area contributed by atoms with Crippen molar-refractivity contribution in [2.24, 2.45) is 5.73 Å². The molecular formula is C24H21N5O4. The lowest BCUT2D eigenvalue weighted by Gasteiger charge is -2.15. The van der Waals surface area contributed by atoms with E-state index in [-0.39, 0.29) is 18.1 Å². The number of nitrogens with two attached hydrogens (primary N) is 1. The molecule has 4 aromatic rings. The molecule has 0 bridgehead atoms. The Labute approximate surface area is 189 Å². The summed E-state index contributed by atoms with van der Waals surface area (Å²) in [5, 5.41) is 6.84. The molecule has 166 valence electrons. The second-order valence-corrected chi connectivity index (χ2v) is 7.40. The Kier molecular flexibility index (Phi) is 6.12. The van der Waals surface area contributed by atoms with Crippen molar-refractivity contribution in [1.82, 2.24) is 20.1 Å². The molecule has 4 rings (SSSR count). The number of ketones is 1. The summed E-state index contributed by atoms with van der Waals surface area (Å²) in [5.41, 5.74) is 7.45. The number of Topliss-reactive ketones (excluding diaryl/α,β-unsaturated/α-hetero) is 1. The monoisotopic (exact) mass is 443 g/mol. The minimum absolute atomic E-state index is 0.0438. The van der Waals surface area contributed by atoms with E-state index in [1.54, 1.807) is 37.4 Å². The summed E-state index contributed by atoms with van der Waals surface area (Å²) in [6.45, 7) is 1.74. The Balaban J connectivity index is 1.55. The molecule has 0 aliphatic rings. The van der Waals surface area contributed by atoms with Crippen LogP contribution in [0.4, 0.5) is 0 Å². The van der Waals surface area contributed by atoms with Crippen molar-refractivity contribution in [3.63, 3.8) is 0 Å². The van der Waals surface area contributed by atoms with E-state index in [1.165, 1.54) is 10.7 Å². The molecule has 0 saturated carbocycles. The number of primary amides is 1. The zero-order chi connectivity index (χ0) is 23.4. The summed E-state index contributed by atoms with van der Waals surface area (Å²) < 4.78 is 7.19. The highest BCUT2D eigenvalue weighted by Crippen LogP contribution is 2.22. The normalized spacial score (nSPS) is 11.7. The number of hydrogen-bond acceptors (Lipinski definition) is 6. The molecule has 0 aliphatic carbocycles. The minimum atomic E-state index is -1.12. The average Bonchev–Trinajstić information content (AvgIpc) is 3.46.